The second-order valence-corrected chi connectivity index (χ2v) is 5.11. The van der Waals surface area contributed by atoms with E-state index < -0.39 is 0 Å². The van der Waals surface area contributed by atoms with E-state index in [9.17, 15) is 0 Å². The van der Waals surface area contributed by atoms with Crippen LogP contribution in [0.1, 0.15) is 25.0 Å². The van der Waals surface area contributed by atoms with Gasteiger partial charge in [-0.25, -0.2) is 0 Å². The van der Waals surface area contributed by atoms with Gasteiger partial charge in [0.25, 0.3) is 0 Å². The highest BCUT2D eigenvalue weighted by atomic mass is 35.5. The van der Waals surface area contributed by atoms with Crippen molar-refractivity contribution in [2.45, 2.75) is 13.8 Å². The van der Waals surface area contributed by atoms with Gasteiger partial charge < -0.3 is 0 Å². The number of hydrogen-bond acceptors (Lipinski definition) is 0. The molecular weight excluding hydrogens is 300 g/mol. The normalized spacial score (nSPS) is 9.17. The minimum atomic E-state index is 0.721. The molecule has 0 heterocycles. The van der Waals surface area contributed by atoms with Gasteiger partial charge in [-0.05, 0) is 41.5 Å². The lowest BCUT2D eigenvalue weighted by atomic mass is 10.00. The quantitative estimate of drug-likeness (QED) is 0.453. The molecule has 0 saturated heterocycles. The van der Waals surface area contributed by atoms with Gasteiger partial charge in [0.1, 0.15) is 0 Å². The molecule has 3 aromatic carbocycles. The molecule has 0 saturated carbocycles. The monoisotopic (exact) mass is 318 g/mol. The molecule has 1 heteroatoms. The predicted octanol–water partition coefficient (Wildman–Crippen LogP) is 6.43. The Balaban J connectivity index is 0.000000924. The lowest BCUT2D eigenvalue weighted by molar-refractivity contribution is 1.50. The highest BCUT2D eigenvalue weighted by Crippen LogP contribution is 2.26. The summed E-state index contributed by atoms with van der Waals surface area (Å²) in [6, 6.07) is 26.0. The first-order valence-electron chi connectivity index (χ1n) is 7.75. The van der Waals surface area contributed by atoms with Crippen molar-refractivity contribution in [3.8, 4) is 23.0 Å². The fourth-order valence-corrected chi connectivity index (χ4v) is 2.32. The Labute approximate surface area is 143 Å². The second kappa shape index (κ2) is 8.83. The first-order valence-corrected chi connectivity index (χ1v) is 8.13. The third kappa shape index (κ3) is 4.74. The first-order chi connectivity index (χ1) is 11.3. The molecule has 23 heavy (non-hydrogen) atoms. The van der Waals surface area contributed by atoms with E-state index in [1.54, 1.807) is 0 Å². The van der Waals surface area contributed by atoms with E-state index in [0.29, 0.717) is 0 Å². The third-order valence-corrected chi connectivity index (χ3v) is 3.42. The van der Waals surface area contributed by atoms with Crippen molar-refractivity contribution in [2.75, 3.05) is 0 Å². The van der Waals surface area contributed by atoms with Crippen LogP contribution in [0.15, 0.2) is 78.9 Å². The van der Waals surface area contributed by atoms with E-state index in [4.69, 9.17) is 11.6 Å². The summed E-state index contributed by atoms with van der Waals surface area (Å²) in [6.45, 7) is 4.00. The Morgan fingerprint density at radius 3 is 1.96 bits per heavy atom. The van der Waals surface area contributed by atoms with Gasteiger partial charge in [-0.15, -0.1) is 0 Å². The molecule has 0 fully saturated rings. The average Bonchev–Trinajstić information content (AvgIpc) is 2.64. The second-order valence-electron chi connectivity index (χ2n) is 4.67. The van der Waals surface area contributed by atoms with Crippen molar-refractivity contribution in [1.29, 1.82) is 0 Å². The van der Waals surface area contributed by atoms with Crippen LogP contribution in [0, 0.1) is 11.8 Å². The van der Waals surface area contributed by atoms with Crippen molar-refractivity contribution in [3.05, 3.63) is 95.0 Å². The number of halogens is 1. The van der Waals surface area contributed by atoms with Crippen LogP contribution in [0.4, 0.5) is 0 Å². The van der Waals surface area contributed by atoms with Crippen LogP contribution < -0.4 is 0 Å². The summed E-state index contributed by atoms with van der Waals surface area (Å²) >= 11 is 6.14. The molecule has 0 aliphatic rings. The Bertz CT molecular complexity index is 794. The molecule has 0 aliphatic carbocycles. The van der Waals surface area contributed by atoms with E-state index in [1.165, 1.54) is 0 Å². The predicted molar refractivity (Wildman–Crippen MR) is 101 cm³/mol. The lowest BCUT2D eigenvalue weighted by Gasteiger charge is -2.05. The van der Waals surface area contributed by atoms with Crippen LogP contribution in [-0.4, -0.2) is 0 Å². The highest BCUT2D eigenvalue weighted by Gasteiger charge is 2.03. The molecule has 114 valence electrons. The molecule has 3 rings (SSSR count). The standard InChI is InChI=1S/C20H13Cl.C2H6/c21-19-14-13-18(12-11-16-7-3-1-4-8-16)20(15-19)17-9-5-2-6-10-17;1-2/h1-10,13-15H;1-2H3. The summed E-state index contributed by atoms with van der Waals surface area (Å²) in [6.07, 6.45) is 0. The molecule has 0 unspecified atom stereocenters. The SMILES string of the molecule is CC.Clc1ccc(C#Cc2ccccc2)c(-c2ccccc2)c1. The molecule has 0 radical (unpaired) electrons. The topological polar surface area (TPSA) is 0 Å². The lowest BCUT2D eigenvalue weighted by Crippen LogP contribution is -1.84. The minimum Gasteiger partial charge on any atom is -0.0843 e. The smallest absolute Gasteiger partial charge is 0.0413 e. The molecular formula is C22H19Cl. The van der Waals surface area contributed by atoms with Gasteiger partial charge >= 0.3 is 0 Å². The third-order valence-electron chi connectivity index (χ3n) is 3.18. The van der Waals surface area contributed by atoms with Gasteiger partial charge in [0.2, 0.25) is 0 Å². The number of benzene rings is 3. The van der Waals surface area contributed by atoms with Gasteiger partial charge in [0.15, 0.2) is 0 Å². The molecule has 3 aromatic rings. The van der Waals surface area contributed by atoms with E-state index >= 15 is 0 Å². The molecule has 0 aromatic heterocycles. The van der Waals surface area contributed by atoms with Crippen LogP contribution in [0.25, 0.3) is 11.1 Å². The summed E-state index contributed by atoms with van der Waals surface area (Å²) in [4.78, 5) is 0. The molecule has 0 amide bonds. The van der Waals surface area contributed by atoms with Gasteiger partial charge in [-0.3, -0.25) is 0 Å². The zero-order chi connectivity index (χ0) is 16.5. The van der Waals surface area contributed by atoms with Crippen LogP contribution in [0.3, 0.4) is 0 Å². The summed E-state index contributed by atoms with van der Waals surface area (Å²) in [5.41, 5.74) is 4.17. The maximum atomic E-state index is 6.14. The summed E-state index contributed by atoms with van der Waals surface area (Å²) in [5, 5.41) is 0.721. The van der Waals surface area contributed by atoms with Crippen LogP contribution in [0.2, 0.25) is 5.02 Å². The van der Waals surface area contributed by atoms with Gasteiger partial charge in [0, 0.05) is 16.1 Å². The molecule has 0 atom stereocenters. The molecule has 0 spiro atoms. The minimum absolute atomic E-state index is 0.721. The van der Waals surface area contributed by atoms with Crippen molar-refractivity contribution in [1.82, 2.24) is 0 Å². The van der Waals surface area contributed by atoms with E-state index in [-0.39, 0.29) is 0 Å². The summed E-state index contributed by atoms with van der Waals surface area (Å²) < 4.78 is 0. The Morgan fingerprint density at radius 1 is 0.696 bits per heavy atom. The van der Waals surface area contributed by atoms with E-state index in [0.717, 1.165) is 27.3 Å². The highest BCUT2D eigenvalue weighted by molar-refractivity contribution is 6.30. The fraction of sp³-hybridized carbons (Fsp3) is 0.0909. The van der Waals surface area contributed by atoms with Crippen LogP contribution in [-0.2, 0) is 0 Å². The largest absolute Gasteiger partial charge is 0.0843 e. The number of rotatable bonds is 1. The average molecular weight is 319 g/mol. The zero-order valence-electron chi connectivity index (χ0n) is 13.4. The van der Waals surface area contributed by atoms with Crippen LogP contribution in [0.5, 0.6) is 0 Å². The maximum absolute atomic E-state index is 6.14. The molecule has 0 bridgehead atoms. The van der Waals surface area contributed by atoms with Crippen molar-refractivity contribution < 1.29 is 0 Å². The zero-order valence-corrected chi connectivity index (χ0v) is 14.1. The number of hydrogen-bond donors (Lipinski definition) is 0. The Kier molecular flexibility index (Phi) is 6.48. The van der Waals surface area contributed by atoms with Crippen molar-refractivity contribution >= 4 is 11.6 Å². The molecule has 0 aliphatic heterocycles. The Morgan fingerprint density at radius 2 is 1.30 bits per heavy atom. The summed E-state index contributed by atoms with van der Waals surface area (Å²) in [5.74, 6) is 6.44. The van der Waals surface area contributed by atoms with Gasteiger partial charge in [0.05, 0.1) is 0 Å². The van der Waals surface area contributed by atoms with Gasteiger partial charge in [-0.2, -0.15) is 0 Å². The van der Waals surface area contributed by atoms with Crippen molar-refractivity contribution in [2.24, 2.45) is 0 Å². The summed E-state index contributed by atoms with van der Waals surface area (Å²) in [7, 11) is 0. The Hall–Kier alpha value is -2.49. The fourth-order valence-electron chi connectivity index (χ4n) is 2.14. The van der Waals surface area contributed by atoms with E-state index in [2.05, 4.69) is 24.0 Å². The first kappa shape index (κ1) is 16.9. The van der Waals surface area contributed by atoms with Crippen molar-refractivity contribution in [3.63, 3.8) is 0 Å². The van der Waals surface area contributed by atoms with E-state index in [1.807, 2.05) is 80.6 Å². The van der Waals surface area contributed by atoms with Crippen LogP contribution >= 0.6 is 11.6 Å². The van der Waals surface area contributed by atoms with Gasteiger partial charge in [-0.1, -0.05) is 85.8 Å². The molecule has 0 nitrogen and oxygen atoms in total. The molecule has 0 N–H and O–H groups in total. The maximum Gasteiger partial charge on any atom is 0.0413 e.